The molecule has 0 aliphatic heterocycles. The van der Waals surface area contributed by atoms with Gasteiger partial charge in [0, 0.05) is 25.7 Å². The number of carbonyl (C=O) groups is 4. The molecule has 6 nitrogen and oxygen atoms in total. The Balaban J connectivity index is 1.56. The smallest absolute Gasteiger partial charge is 0.303 e. The molecule has 0 radical (unpaired) electrons. The summed E-state index contributed by atoms with van der Waals surface area (Å²) in [5, 5.41) is 0. The summed E-state index contributed by atoms with van der Waals surface area (Å²) < 4.78 is 10.6. The van der Waals surface area contributed by atoms with Crippen LogP contribution in [0.25, 0.3) is 0 Å². The van der Waals surface area contributed by atoms with Crippen LogP contribution in [0.4, 0.5) is 0 Å². The predicted molar refractivity (Wildman–Crippen MR) is 113 cm³/mol. The highest BCUT2D eigenvalue weighted by Gasteiger charge is 2.62. The second-order valence-electron chi connectivity index (χ2n) is 11.1. The van der Waals surface area contributed by atoms with E-state index in [2.05, 4.69) is 13.8 Å². The van der Waals surface area contributed by atoms with Crippen molar-refractivity contribution in [3.05, 3.63) is 0 Å². The number of ether oxygens (including phenoxy) is 2. The van der Waals surface area contributed by atoms with Gasteiger partial charge in [-0.25, -0.2) is 0 Å². The second kappa shape index (κ2) is 7.70. The van der Waals surface area contributed by atoms with Gasteiger partial charge < -0.3 is 9.47 Å². The lowest BCUT2D eigenvalue weighted by Gasteiger charge is -2.61. The highest BCUT2D eigenvalue weighted by molar-refractivity contribution is 5.91. The average Bonchev–Trinajstić information content (AvgIpc) is 3.01. The van der Waals surface area contributed by atoms with Crippen molar-refractivity contribution >= 4 is 23.5 Å². The van der Waals surface area contributed by atoms with Gasteiger partial charge in [-0.1, -0.05) is 13.8 Å². The number of Topliss-reactive ketones (excluding diaryl/α,β-unsaturated/α-hetero) is 2. The molecule has 31 heavy (non-hydrogen) atoms. The van der Waals surface area contributed by atoms with Crippen molar-refractivity contribution in [3.63, 3.8) is 0 Å². The lowest BCUT2D eigenvalue weighted by molar-refractivity contribution is -0.189. The highest BCUT2D eigenvalue weighted by atomic mass is 16.6. The first-order valence-electron chi connectivity index (χ1n) is 11.9. The monoisotopic (exact) mass is 432 g/mol. The van der Waals surface area contributed by atoms with Crippen LogP contribution in [0, 0.1) is 34.5 Å². The van der Waals surface area contributed by atoms with Crippen molar-refractivity contribution in [1.82, 2.24) is 0 Å². The van der Waals surface area contributed by atoms with E-state index >= 15 is 0 Å². The van der Waals surface area contributed by atoms with Gasteiger partial charge in [0.05, 0.1) is 0 Å². The summed E-state index contributed by atoms with van der Waals surface area (Å²) in [6.07, 6.45) is 7.65. The maximum absolute atomic E-state index is 13.1. The maximum atomic E-state index is 13.1. The molecule has 0 amide bonds. The van der Waals surface area contributed by atoms with Gasteiger partial charge in [-0.3, -0.25) is 19.2 Å². The zero-order chi connectivity index (χ0) is 22.6. The van der Waals surface area contributed by atoms with Crippen LogP contribution in [-0.2, 0) is 28.7 Å². The molecule has 0 N–H and O–H groups in total. The Labute approximate surface area is 184 Å². The molecule has 172 valence electrons. The number of ketones is 2. The quantitative estimate of drug-likeness (QED) is 0.623. The summed E-state index contributed by atoms with van der Waals surface area (Å²) >= 11 is 0. The van der Waals surface area contributed by atoms with Gasteiger partial charge in [-0.15, -0.1) is 0 Å². The third kappa shape index (κ3) is 3.54. The van der Waals surface area contributed by atoms with Crippen LogP contribution in [0.1, 0.15) is 85.5 Å². The first kappa shape index (κ1) is 22.5. The van der Waals surface area contributed by atoms with Gasteiger partial charge in [0.15, 0.2) is 12.2 Å². The lowest BCUT2D eigenvalue weighted by atomic mass is 9.44. The van der Waals surface area contributed by atoms with Crippen LogP contribution in [0.5, 0.6) is 0 Å². The first-order valence-corrected chi connectivity index (χ1v) is 11.9. The fourth-order valence-electron chi connectivity index (χ4n) is 7.98. The first-order chi connectivity index (χ1) is 14.5. The zero-order valence-electron chi connectivity index (χ0n) is 19.3. The fourth-order valence-corrected chi connectivity index (χ4v) is 7.98. The van der Waals surface area contributed by atoms with E-state index < -0.39 is 17.5 Å². The van der Waals surface area contributed by atoms with Crippen molar-refractivity contribution in [2.45, 2.75) is 91.1 Å². The molecule has 0 unspecified atom stereocenters. The third-order valence-electron chi connectivity index (χ3n) is 9.67. The number of fused-ring (bicyclic) bond motifs is 5. The van der Waals surface area contributed by atoms with E-state index in [9.17, 15) is 19.2 Å². The zero-order valence-corrected chi connectivity index (χ0v) is 19.3. The number of hydrogen-bond acceptors (Lipinski definition) is 6. The summed E-state index contributed by atoms with van der Waals surface area (Å²) in [5.74, 6) is 1.07. The molecule has 4 rings (SSSR count). The van der Waals surface area contributed by atoms with Gasteiger partial charge >= 0.3 is 11.9 Å². The second-order valence-corrected chi connectivity index (χ2v) is 11.1. The molecule has 0 aromatic heterocycles. The molecule has 4 saturated carbocycles. The van der Waals surface area contributed by atoms with Crippen LogP contribution in [0.15, 0.2) is 0 Å². The van der Waals surface area contributed by atoms with Gasteiger partial charge in [0.2, 0.25) is 5.78 Å². The molecule has 0 aromatic rings. The molecule has 6 heteroatoms. The van der Waals surface area contributed by atoms with E-state index in [1.807, 2.05) is 0 Å². The molecule has 4 aliphatic carbocycles. The molecular formula is C25H36O6. The van der Waals surface area contributed by atoms with Gasteiger partial charge in [0.25, 0.3) is 0 Å². The van der Waals surface area contributed by atoms with E-state index in [4.69, 9.17) is 9.47 Å². The van der Waals surface area contributed by atoms with Crippen LogP contribution in [-0.4, -0.2) is 35.7 Å². The number of carbonyl (C=O) groups excluding carboxylic acids is 4. The molecule has 4 aliphatic rings. The Morgan fingerprint density at radius 1 is 0.935 bits per heavy atom. The minimum atomic E-state index is -1.19. The molecule has 0 spiro atoms. The topological polar surface area (TPSA) is 86.7 Å². The molecule has 0 aromatic carbocycles. The normalized spacial score (nSPS) is 43.9. The van der Waals surface area contributed by atoms with Crippen molar-refractivity contribution < 1.29 is 28.7 Å². The Kier molecular flexibility index (Phi) is 5.58. The van der Waals surface area contributed by atoms with Crippen molar-refractivity contribution in [2.75, 3.05) is 6.61 Å². The van der Waals surface area contributed by atoms with Crippen LogP contribution >= 0.6 is 0 Å². The van der Waals surface area contributed by atoms with Crippen LogP contribution in [0.3, 0.4) is 0 Å². The Morgan fingerprint density at radius 2 is 1.68 bits per heavy atom. The molecule has 0 saturated heterocycles. The number of esters is 2. The van der Waals surface area contributed by atoms with Gasteiger partial charge in [-0.2, -0.15) is 0 Å². The van der Waals surface area contributed by atoms with Gasteiger partial charge in [-0.05, 0) is 80.5 Å². The van der Waals surface area contributed by atoms with E-state index in [0.29, 0.717) is 36.4 Å². The summed E-state index contributed by atoms with van der Waals surface area (Å²) in [6.45, 7) is 6.82. The van der Waals surface area contributed by atoms with Crippen molar-refractivity contribution in [1.29, 1.82) is 0 Å². The summed E-state index contributed by atoms with van der Waals surface area (Å²) in [6, 6.07) is 0. The molecule has 7 atom stereocenters. The standard InChI is InChI=1S/C25H36O6/c1-15(26)30-14-22(29)25(31-16(2)27)12-11-23(3)17(13-25)5-6-18-19-7-8-21(28)24(19,4)10-9-20(18)23/h17-20H,5-14H2,1-4H3/t17-,18+,19-,20+,23-,24-,25+/m1/s1. The van der Waals surface area contributed by atoms with Crippen LogP contribution < -0.4 is 0 Å². The van der Waals surface area contributed by atoms with E-state index in [1.165, 1.54) is 13.8 Å². The lowest BCUT2D eigenvalue weighted by Crippen LogP contribution is -2.59. The largest absolute Gasteiger partial charge is 0.458 e. The van der Waals surface area contributed by atoms with Crippen LogP contribution in [0.2, 0.25) is 0 Å². The number of rotatable bonds is 4. The SMILES string of the molecule is CC(=O)OCC(=O)[C@]1(OC(C)=O)CC[C@]2(C)[C@H](CC[C@H]3[C@H]4CCC(=O)[C@]4(C)CC[C@@H]32)C1. The van der Waals surface area contributed by atoms with E-state index in [0.717, 1.165) is 44.9 Å². The van der Waals surface area contributed by atoms with E-state index in [-0.39, 0.29) is 29.1 Å². The summed E-state index contributed by atoms with van der Waals surface area (Å²) in [7, 11) is 0. The average molecular weight is 433 g/mol. The fraction of sp³-hybridized carbons (Fsp3) is 0.840. The molecule has 0 bridgehead atoms. The highest BCUT2D eigenvalue weighted by Crippen LogP contribution is 2.66. The van der Waals surface area contributed by atoms with E-state index in [1.54, 1.807) is 0 Å². The summed E-state index contributed by atoms with van der Waals surface area (Å²) in [4.78, 5) is 48.8. The minimum Gasteiger partial charge on any atom is -0.458 e. The van der Waals surface area contributed by atoms with Gasteiger partial charge in [0.1, 0.15) is 5.78 Å². The Bertz CT molecular complexity index is 804. The van der Waals surface area contributed by atoms with Crippen molar-refractivity contribution in [2.24, 2.45) is 34.5 Å². The molecule has 0 heterocycles. The molecular weight excluding hydrogens is 396 g/mol. The maximum Gasteiger partial charge on any atom is 0.303 e. The Hall–Kier alpha value is -1.72. The third-order valence-corrected chi connectivity index (χ3v) is 9.67. The summed E-state index contributed by atoms with van der Waals surface area (Å²) in [5.41, 5.74) is -1.24. The van der Waals surface area contributed by atoms with Crippen molar-refractivity contribution in [3.8, 4) is 0 Å². The number of hydrogen-bond donors (Lipinski definition) is 0. The minimum absolute atomic E-state index is 0.0846. The molecule has 4 fully saturated rings. The Morgan fingerprint density at radius 3 is 2.35 bits per heavy atom. The predicted octanol–water partition coefficient (Wildman–Crippen LogP) is 4.03.